The van der Waals surface area contributed by atoms with Gasteiger partial charge in [-0.05, 0) is 38.5 Å². The Morgan fingerprint density at radius 3 is 2.15 bits per heavy atom. The van der Waals surface area contributed by atoms with Gasteiger partial charge in [-0.15, -0.1) is 0 Å². The maximum absolute atomic E-state index is 6.54. The average molecular weight is 268 g/mol. The van der Waals surface area contributed by atoms with Crippen LogP contribution in [0.15, 0.2) is 54.6 Å². The molecule has 0 saturated heterocycles. The van der Waals surface area contributed by atoms with Crippen LogP contribution in [0.4, 0.5) is 5.69 Å². The minimum Gasteiger partial charge on any atom is -0.370 e. The van der Waals surface area contributed by atoms with E-state index in [1.165, 1.54) is 16.8 Å². The third-order valence-electron chi connectivity index (χ3n) is 3.73. The Hall–Kier alpha value is -1.80. The summed E-state index contributed by atoms with van der Waals surface area (Å²) in [7, 11) is 0. The van der Waals surface area contributed by atoms with Gasteiger partial charge in [0.25, 0.3) is 0 Å². The number of benzene rings is 2. The Balaban J connectivity index is 2.19. The van der Waals surface area contributed by atoms with Crippen LogP contribution < -0.4 is 10.6 Å². The Morgan fingerprint density at radius 1 is 1.00 bits per heavy atom. The summed E-state index contributed by atoms with van der Waals surface area (Å²) in [6.45, 7) is 8.12. The second kappa shape index (κ2) is 6.10. The van der Waals surface area contributed by atoms with Gasteiger partial charge in [0.1, 0.15) is 0 Å². The lowest BCUT2D eigenvalue weighted by Crippen LogP contribution is -2.45. The lowest BCUT2D eigenvalue weighted by molar-refractivity contribution is 0.486. The summed E-state index contributed by atoms with van der Waals surface area (Å²) in [5.74, 6) is 0. The number of likely N-dealkylation sites (N-methyl/N-ethyl adjacent to an activating group) is 1. The minimum atomic E-state index is -0.359. The van der Waals surface area contributed by atoms with Crippen molar-refractivity contribution in [2.45, 2.75) is 26.3 Å². The third-order valence-corrected chi connectivity index (χ3v) is 3.73. The monoisotopic (exact) mass is 268 g/mol. The van der Waals surface area contributed by atoms with Gasteiger partial charge in [0.15, 0.2) is 0 Å². The van der Waals surface area contributed by atoms with E-state index in [0.717, 1.165) is 13.1 Å². The zero-order chi connectivity index (χ0) is 14.6. The fraction of sp³-hybridized carbons (Fsp3) is 0.333. The lowest BCUT2D eigenvalue weighted by atomic mass is 9.92. The molecule has 1 atom stereocenters. The van der Waals surface area contributed by atoms with Crippen LogP contribution in [-0.2, 0) is 5.54 Å². The van der Waals surface area contributed by atoms with Gasteiger partial charge in [0.05, 0.1) is 5.54 Å². The van der Waals surface area contributed by atoms with E-state index in [-0.39, 0.29) is 5.54 Å². The normalized spacial score (nSPS) is 13.8. The van der Waals surface area contributed by atoms with Crippen molar-refractivity contribution in [3.63, 3.8) is 0 Å². The Kier molecular flexibility index (Phi) is 4.46. The van der Waals surface area contributed by atoms with Crippen molar-refractivity contribution in [2.24, 2.45) is 5.73 Å². The minimum absolute atomic E-state index is 0.359. The molecule has 20 heavy (non-hydrogen) atoms. The van der Waals surface area contributed by atoms with Crippen molar-refractivity contribution >= 4 is 5.69 Å². The van der Waals surface area contributed by atoms with E-state index in [2.05, 4.69) is 62.1 Å². The summed E-state index contributed by atoms with van der Waals surface area (Å²) in [6, 6.07) is 18.9. The molecule has 0 aromatic heterocycles. The van der Waals surface area contributed by atoms with Gasteiger partial charge in [0, 0.05) is 18.8 Å². The van der Waals surface area contributed by atoms with E-state index in [1.54, 1.807) is 0 Å². The number of anilines is 1. The summed E-state index contributed by atoms with van der Waals surface area (Å²) in [6.07, 6.45) is 0. The van der Waals surface area contributed by atoms with Crippen LogP contribution in [-0.4, -0.2) is 13.1 Å². The van der Waals surface area contributed by atoms with E-state index in [4.69, 9.17) is 5.73 Å². The molecule has 2 aromatic rings. The first-order valence-electron chi connectivity index (χ1n) is 7.19. The van der Waals surface area contributed by atoms with Crippen LogP contribution in [0.5, 0.6) is 0 Å². The highest BCUT2D eigenvalue weighted by Crippen LogP contribution is 2.23. The first-order valence-corrected chi connectivity index (χ1v) is 7.19. The molecule has 0 heterocycles. The van der Waals surface area contributed by atoms with E-state index >= 15 is 0 Å². The summed E-state index contributed by atoms with van der Waals surface area (Å²) < 4.78 is 0. The number of hydrogen-bond acceptors (Lipinski definition) is 2. The first kappa shape index (κ1) is 14.6. The lowest BCUT2D eigenvalue weighted by Gasteiger charge is -2.34. The molecule has 2 heteroatoms. The maximum Gasteiger partial charge on any atom is 0.0558 e. The van der Waals surface area contributed by atoms with E-state index in [0.29, 0.717) is 0 Å². The maximum atomic E-state index is 6.54. The first-order chi connectivity index (χ1) is 9.53. The quantitative estimate of drug-likeness (QED) is 0.896. The highest BCUT2D eigenvalue weighted by atomic mass is 15.1. The van der Waals surface area contributed by atoms with E-state index in [1.807, 2.05) is 18.2 Å². The van der Waals surface area contributed by atoms with Crippen molar-refractivity contribution < 1.29 is 0 Å². The third kappa shape index (κ3) is 3.40. The smallest absolute Gasteiger partial charge is 0.0558 e. The Morgan fingerprint density at radius 2 is 1.60 bits per heavy atom. The van der Waals surface area contributed by atoms with Crippen molar-refractivity contribution in [2.75, 3.05) is 18.0 Å². The van der Waals surface area contributed by atoms with Gasteiger partial charge < -0.3 is 10.6 Å². The molecule has 2 N–H and O–H groups in total. The van der Waals surface area contributed by atoms with Crippen molar-refractivity contribution in [1.82, 2.24) is 0 Å². The number of rotatable bonds is 5. The van der Waals surface area contributed by atoms with Crippen molar-refractivity contribution in [1.29, 1.82) is 0 Å². The zero-order valence-electron chi connectivity index (χ0n) is 12.6. The molecule has 2 rings (SSSR count). The zero-order valence-corrected chi connectivity index (χ0v) is 12.6. The van der Waals surface area contributed by atoms with Crippen LogP contribution >= 0.6 is 0 Å². The molecular formula is C18H24N2. The highest BCUT2D eigenvalue weighted by molar-refractivity contribution is 5.48. The Labute approximate surface area is 122 Å². The van der Waals surface area contributed by atoms with Crippen LogP contribution in [0.25, 0.3) is 0 Å². The van der Waals surface area contributed by atoms with Crippen LogP contribution in [0.1, 0.15) is 25.0 Å². The molecule has 0 aliphatic heterocycles. The van der Waals surface area contributed by atoms with Crippen LogP contribution in [0.2, 0.25) is 0 Å². The summed E-state index contributed by atoms with van der Waals surface area (Å²) >= 11 is 0. The predicted molar refractivity (Wildman–Crippen MR) is 87.0 cm³/mol. The second-order valence-corrected chi connectivity index (χ2v) is 5.63. The molecule has 0 bridgehead atoms. The number of hydrogen-bond donors (Lipinski definition) is 1. The standard InChI is InChI=1S/C18H24N2/c1-4-20(17-12-10-15(2)11-13-17)14-18(3,19)16-8-6-5-7-9-16/h5-13H,4,14,19H2,1-3H3. The summed E-state index contributed by atoms with van der Waals surface area (Å²) in [5, 5.41) is 0. The molecule has 0 fully saturated rings. The van der Waals surface area contributed by atoms with Gasteiger partial charge in [-0.2, -0.15) is 0 Å². The fourth-order valence-electron chi connectivity index (χ4n) is 2.45. The molecule has 0 aliphatic carbocycles. The molecule has 0 spiro atoms. The van der Waals surface area contributed by atoms with Gasteiger partial charge in [0.2, 0.25) is 0 Å². The van der Waals surface area contributed by atoms with Crippen LogP contribution in [0.3, 0.4) is 0 Å². The van der Waals surface area contributed by atoms with Crippen LogP contribution in [0, 0.1) is 6.92 Å². The number of nitrogens with two attached hydrogens (primary N) is 1. The molecule has 0 aliphatic rings. The number of aryl methyl sites for hydroxylation is 1. The molecule has 0 saturated carbocycles. The van der Waals surface area contributed by atoms with Gasteiger partial charge in [-0.1, -0.05) is 48.0 Å². The average Bonchev–Trinajstić information content (AvgIpc) is 2.47. The topological polar surface area (TPSA) is 29.3 Å². The molecule has 0 amide bonds. The summed E-state index contributed by atoms with van der Waals surface area (Å²) in [5.41, 5.74) is 9.86. The van der Waals surface area contributed by atoms with E-state index in [9.17, 15) is 0 Å². The SMILES string of the molecule is CCN(CC(C)(N)c1ccccc1)c1ccc(C)cc1. The van der Waals surface area contributed by atoms with Gasteiger partial charge >= 0.3 is 0 Å². The number of nitrogens with zero attached hydrogens (tertiary/aromatic N) is 1. The van der Waals surface area contributed by atoms with E-state index < -0.39 is 0 Å². The Bertz CT molecular complexity index is 529. The molecule has 0 radical (unpaired) electrons. The second-order valence-electron chi connectivity index (χ2n) is 5.63. The molecule has 2 aromatic carbocycles. The predicted octanol–water partition coefficient (Wildman–Crippen LogP) is 3.70. The molecular weight excluding hydrogens is 244 g/mol. The molecule has 1 unspecified atom stereocenters. The van der Waals surface area contributed by atoms with Gasteiger partial charge in [-0.3, -0.25) is 0 Å². The van der Waals surface area contributed by atoms with Crippen molar-refractivity contribution in [3.05, 3.63) is 65.7 Å². The molecule has 2 nitrogen and oxygen atoms in total. The molecule has 106 valence electrons. The van der Waals surface area contributed by atoms with Gasteiger partial charge in [-0.25, -0.2) is 0 Å². The largest absolute Gasteiger partial charge is 0.370 e. The van der Waals surface area contributed by atoms with Crippen molar-refractivity contribution in [3.8, 4) is 0 Å². The summed E-state index contributed by atoms with van der Waals surface area (Å²) in [4.78, 5) is 2.33. The highest BCUT2D eigenvalue weighted by Gasteiger charge is 2.24. The fourth-order valence-corrected chi connectivity index (χ4v) is 2.45.